The van der Waals surface area contributed by atoms with Gasteiger partial charge in [-0.05, 0) is 0 Å². The molecule has 0 rings (SSSR count). The summed E-state index contributed by atoms with van der Waals surface area (Å²) in [5.41, 5.74) is 0. The fourth-order valence-electron chi connectivity index (χ4n) is 0. The Balaban J connectivity index is -0.0000000400. The largest absolute Gasteiger partial charge is 3.00 e. The smallest absolute Gasteiger partial charge is 0.822 e. The summed E-state index contributed by atoms with van der Waals surface area (Å²) in [7, 11) is -16.2. The molecule has 0 aliphatic carbocycles. The maximum atomic E-state index is 8.55. The third-order valence-electron chi connectivity index (χ3n) is 0. The quantitative estimate of drug-likeness (QED) is 0.281. The van der Waals surface area contributed by atoms with Crippen molar-refractivity contribution in [3.05, 3.63) is 0 Å². The van der Waals surface area contributed by atoms with Gasteiger partial charge in [-0.15, -0.1) is 0 Å². The van der Waals surface area contributed by atoms with E-state index in [1.807, 2.05) is 0 Å². The van der Waals surface area contributed by atoms with E-state index >= 15 is 0 Å². The molecule has 0 aliphatic rings. The number of phosphoric acid groups is 3. The summed E-state index contributed by atoms with van der Waals surface area (Å²) in [6, 6.07) is 0. The van der Waals surface area contributed by atoms with Crippen LogP contribution in [-0.2, 0) is 33.2 Å². The molecule has 0 aromatic rings. The first-order valence-corrected chi connectivity index (χ1v) is 6.57. The van der Waals surface area contributed by atoms with Gasteiger partial charge in [-0.25, -0.2) is 0 Å². The summed E-state index contributed by atoms with van der Waals surface area (Å²) in [6.45, 7) is 0. The van der Waals surface area contributed by atoms with Gasteiger partial charge in [0.25, 0.3) is 0 Å². The second-order valence-electron chi connectivity index (χ2n) is 1.34. The molecule has 0 saturated heterocycles. The second kappa shape index (κ2) is 12.5. The van der Waals surface area contributed by atoms with Crippen molar-refractivity contribution in [3.8, 4) is 0 Å². The predicted octanol–water partition coefficient (Wildman–Crippen LogP) is -8.86. The molecular formula is AlO12P3Zn-4. The van der Waals surface area contributed by atoms with Gasteiger partial charge in [0.15, 0.2) is 0 Å². The first-order chi connectivity index (χ1) is 6.00. The van der Waals surface area contributed by atoms with Crippen LogP contribution in [-0.4, -0.2) is 17.4 Å². The first-order valence-electron chi connectivity index (χ1n) is 2.19. The van der Waals surface area contributed by atoms with Crippen molar-refractivity contribution < 1.29 is 77.2 Å². The van der Waals surface area contributed by atoms with Crippen molar-refractivity contribution in [2.45, 2.75) is 0 Å². The van der Waals surface area contributed by atoms with E-state index in [1.165, 1.54) is 0 Å². The van der Waals surface area contributed by atoms with E-state index in [0.29, 0.717) is 0 Å². The molecule has 17 heavy (non-hydrogen) atoms. The van der Waals surface area contributed by atoms with Crippen LogP contribution in [0.4, 0.5) is 0 Å². The minimum atomic E-state index is -5.39. The van der Waals surface area contributed by atoms with Crippen LogP contribution in [0.5, 0.6) is 0 Å². The van der Waals surface area contributed by atoms with E-state index in [9.17, 15) is 0 Å². The van der Waals surface area contributed by atoms with E-state index in [2.05, 4.69) is 0 Å². The summed E-state index contributed by atoms with van der Waals surface area (Å²) in [4.78, 5) is 76.9. The Kier molecular flexibility index (Phi) is 22.9. The molecule has 0 fully saturated rings. The summed E-state index contributed by atoms with van der Waals surface area (Å²) >= 11 is 0. The Morgan fingerprint density at radius 2 is 0.471 bits per heavy atom. The van der Waals surface area contributed by atoms with Crippen molar-refractivity contribution in [1.82, 2.24) is 0 Å². The van der Waals surface area contributed by atoms with Gasteiger partial charge >= 0.3 is 36.8 Å². The van der Waals surface area contributed by atoms with E-state index in [1.54, 1.807) is 0 Å². The molecule has 17 heteroatoms. The zero-order valence-electron chi connectivity index (χ0n) is 7.53. The SMILES string of the molecule is O=P([O-])([O-])[O-].O=P([O-])([O-])[O-].O=P([O-])([O-])[O-].[Al+3].[Zn+2]. The van der Waals surface area contributed by atoms with Gasteiger partial charge in [-0.3, -0.25) is 0 Å². The van der Waals surface area contributed by atoms with Crippen LogP contribution in [0.3, 0.4) is 0 Å². The molecule has 12 nitrogen and oxygen atoms in total. The molecule has 0 aromatic carbocycles. The van der Waals surface area contributed by atoms with Crippen molar-refractivity contribution in [3.63, 3.8) is 0 Å². The van der Waals surface area contributed by atoms with Crippen LogP contribution >= 0.6 is 23.5 Å². The molecule has 0 aliphatic heterocycles. The molecule has 0 saturated carbocycles. The van der Waals surface area contributed by atoms with Crippen LogP contribution in [0.25, 0.3) is 0 Å². The summed E-state index contributed by atoms with van der Waals surface area (Å²) < 4.78 is 25.6. The minimum Gasteiger partial charge on any atom is -0.822 e. The Labute approximate surface area is 118 Å². The molecule has 96 valence electrons. The van der Waals surface area contributed by atoms with Gasteiger partial charge in [0.1, 0.15) is 0 Å². The van der Waals surface area contributed by atoms with E-state index < -0.39 is 23.5 Å². The molecular weight excluding hydrogens is 377 g/mol. The fraction of sp³-hybridized carbons (Fsp3) is 0. The Morgan fingerprint density at radius 1 is 0.471 bits per heavy atom. The third-order valence-corrected chi connectivity index (χ3v) is 0. The molecule has 0 radical (unpaired) electrons. The van der Waals surface area contributed by atoms with Crippen molar-refractivity contribution in [2.75, 3.05) is 0 Å². The van der Waals surface area contributed by atoms with Crippen molar-refractivity contribution in [1.29, 1.82) is 0 Å². The summed E-state index contributed by atoms with van der Waals surface area (Å²) in [6.07, 6.45) is 0. The molecule has 0 aromatic heterocycles. The zero-order valence-corrected chi connectivity index (χ0v) is 14.3. The van der Waals surface area contributed by atoms with Crippen LogP contribution in [0.2, 0.25) is 0 Å². The third kappa shape index (κ3) is 1900. The van der Waals surface area contributed by atoms with E-state index in [0.717, 1.165) is 0 Å². The number of rotatable bonds is 0. The van der Waals surface area contributed by atoms with Crippen LogP contribution in [0.1, 0.15) is 0 Å². The molecule has 0 bridgehead atoms. The molecule has 0 unspecified atom stereocenters. The molecule has 0 spiro atoms. The van der Waals surface area contributed by atoms with E-state index in [4.69, 9.17) is 57.7 Å². The van der Waals surface area contributed by atoms with Gasteiger partial charge in [0.05, 0.1) is 0 Å². The first kappa shape index (κ1) is 31.1. The minimum absolute atomic E-state index is 0. The monoisotopic (exact) mass is 376 g/mol. The van der Waals surface area contributed by atoms with Gasteiger partial charge < -0.3 is 57.7 Å². The normalized spacial score (nSPS) is 10.4. The maximum absolute atomic E-state index is 8.55. The Morgan fingerprint density at radius 3 is 0.471 bits per heavy atom. The van der Waals surface area contributed by atoms with Crippen LogP contribution < -0.4 is 44.0 Å². The van der Waals surface area contributed by atoms with Crippen molar-refractivity contribution in [2.24, 2.45) is 0 Å². The average molecular weight is 377 g/mol. The zero-order chi connectivity index (χ0) is 13.5. The van der Waals surface area contributed by atoms with Gasteiger partial charge in [-0.2, -0.15) is 23.5 Å². The fourth-order valence-corrected chi connectivity index (χ4v) is 0. The molecule has 0 atom stereocenters. The van der Waals surface area contributed by atoms with Crippen molar-refractivity contribution >= 4 is 40.8 Å². The van der Waals surface area contributed by atoms with Gasteiger partial charge in [-0.1, -0.05) is 0 Å². The predicted molar refractivity (Wildman–Crippen MR) is 28.6 cm³/mol. The summed E-state index contributed by atoms with van der Waals surface area (Å²) in [5.74, 6) is 0. The van der Waals surface area contributed by atoms with Crippen LogP contribution in [0.15, 0.2) is 0 Å². The van der Waals surface area contributed by atoms with Gasteiger partial charge in [0.2, 0.25) is 0 Å². The van der Waals surface area contributed by atoms with Gasteiger partial charge in [0, 0.05) is 0 Å². The molecule has 0 N–H and O–H groups in total. The number of hydrogen-bond acceptors (Lipinski definition) is 12. The Hall–Kier alpha value is 1.49. The summed E-state index contributed by atoms with van der Waals surface area (Å²) in [5, 5.41) is 0. The maximum Gasteiger partial charge on any atom is 3.00 e. The topological polar surface area (TPSA) is 259 Å². The molecule has 0 amide bonds. The van der Waals surface area contributed by atoms with Crippen LogP contribution in [0, 0.1) is 0 Å². The Bertz CT molecular complexity index is 208. The average Bonchev–Trinajstić information content (AvgIpc) is 1.41. The number of hydrogen-bond donors (Lipinski definition) is 0. The van der Waals surface area contributed by atoms with E-state index in [-0.39, 0.29) is 36.8 Å². The molecule has 0 heterocycles. The standard InChI is InChI=1S/Al.3H3O4P.Zn/c;3*1-5(2,3)4;/h;3*(H3,1,2,3,4);/q+3;;;;+2/p-9. The second-order valence-corrected chi connectivity index (χ2v) is 4.02.